The largest absolute Gasteiger partial charge is 0.326 e. The number of aryl methyl sites for hydroxylation is 1. The zero-order valence-electron chi connectivity index (χ0n) is 14.9. The topological polar surface area (TPSA) is 81.8 Å². The van der Waals surface area contributed by atoms with Crippen molar-refractivity contribution in [2.75, 3.05) is 5.32 Å². The molecule has 0 spiro atoms. The third kappa shape index (κ3) is 3.85. The summed E-state index contributed by atoms with van der Waals surface area (Å²) in [5.74, 6) is -0.166. The number of fused-ring (bicyclic) bond motifs is 1. The van der Waals surface area contributed by atoms with Crippen molar-refractivity contribution in [1.82, 2.24) is 19.3 Å². The van der Waals surface area contributed by atoms with Gasteiger partial charge in [0.1, 0.15) is 5.39 Å². The Morgan fingerprint density at radius 3 is 2.77 bits per heavy atom. The molecule has 2 heterocycles. The molecule has 0 bridgehead atoms. The Morgan fingerprint density at radius 1 is 1.31 bits per heavy atom. The molecular formula is C18H20BrN5O2. The van der Waals surface area contributed by atoms with Crippen LogP contribution in [0.4, 0.5) is 5.69 Å². The van der Waals surface area contributed by atoms with Gasteiger partial charge in [0.15, 0.2) is 5.65 Å². The molecule has 1 aromatic carbocycles. The summed E-state index contributed by atoms with van der Waals surface area (Å²) in [5.41, 5.74) is 0.798. The number of anilines is 1. The molecule has 26 heavy (non-hydrogen) atoms. The summed E-state index contributed by atoms with van der Waals surface area (Å²) in [6, 6.07) is 7.35. The summed E-state index contributed by atoms with van der Waals surface area (Å²) < 4.78 is 4.06. The molecule has 8 heteroatoms. The fraction of sp³-hybridized carbons (Fsp3) is 0.333. The van der Waals surface area contributed by atoms with Crippen LogP contribution < -0.4 is 10.9 Å². The lowest BCUT2D eigenvalue weighted by atomic mass is 10.1. The normalized spacial score (nSPS) is 11.7. The summed E-state index contributed by atoms with van der Waals surface area (Å²) in [5, 5.41) is 7.55. The van der Waals surface area contributed by atoms with Crippen LogP contribution >= 0.6 is 15.9 Å². The molecular weight excluding hydrogens is 398 g/mol. The molecule has 0 fully saturated rings. The van der Waals surface area contributed by atoms with Gasteiger partial charge in [-0.2, -0.15) is 5.10 Å². The summed E-state index contributed by atoms with van der Waals surface area (Å²) >= 11 is 3.36. The second kappa shape index (κ2) is 7.03. The molecule has 2 aromatic heterocycles. The number of rotatable bonds is 4. The van der Waals surface area contributed by atoms with Crippen molar-refractivity contribution >= 4 is 38.6 Å². The molecule has 0 aliphatic rings. The van der Waals surface area contributed by atoms with Gasteiger partial charge in [-0.3, -0.25) is 14.2 Å². The highest BCUT2D eigenvalue weighted by Gasteiger charge is 2.19. The zero-order valence-corrected chi connectivity index (χ0v) is 16.4. The van der Waals surface area contributed by atoms with Gasteiger partial charge >= 0.3 is 0 Å². The summed E-state index contributed by atoms with van der Waals surface area (Å²) in [7, 11) is 0. The number of halogens is 1. The van der Waals surface area contributed by atoms with E-state index in [0.29, 0.717) is 16.7 Å². The lowest BCUT2D eigenvalue weighted by molar-refractivity contribution is -0.116. The number of benzene rings is 1. The second-order valence-corrected chi connectivity index (χ2v) is 7.93. The Balaban J connectivity index is 1.74. The van der Waals surface area contributed by atoms with E-state index in [4.69, 9.17) is 0 Å². The fourth-order valence-corrected chi connectivity index (χ4v) is 3.01. The standard InChI is InChI=1S/C18H20BrN5O2/c1-18(2,3)24-16-14(10-21-24)17(26)23(11-20-16)8-7-15(25)22-13-6-4-5-12(19)9-13/h4-6,9-11H,7-8H2,1-3H3,(H,22,25). The van der Waals surface area contributed by atoms with Crippen LogP contribution in [-0.2, 0) is 16.9 Å². The maximum absolute atomic E-state index is 12.6. The van der Waals surface area contributed by atoms with Crippen LogP contribution in [0.1, 0.15) is 27.2 Å². The Bertz CT molecular complexity index is 1020. The predicted molar refractivity (Wildman–Crippen MR) is 104 cm³/mol. The first-order chi connectivity index (χ1) is 12.3. The Labute approximate surface area is 159 Å². The van der Waals surface area contributed by atoms with Crippen molar-refractivity contribution in [3.05, 3.63) is 51.6 Å². The van der Waals surface area contributed by atoms with Crippen LogP contribution in [0.2, 0.25) is 0 Å². The fourth-order valence-electron chi connectivity index (χ4n) is 2.61. The van der Waals surface area contributed by atoms with E-state index < -0.39 is 0 Å². The molecule has 1 amide bonds. The highest BCUT2D eigenvalue weighted by atomic mass is 79.9. The minimum atomic E-state index is -0.267. The van der Waals surface area contributed by atoms with Crippen LogP contribution in [0.15, 0.2) is 46.1 Å². The van der Waals surface area contributed by atoms with E-state index in [9.17, 15) is 9.59 Å². The van der Waals surface area contributed by atoms with Gasteiger partial charge < -0.3 is 5.32 Å². The minimum absolute atomic E-state index is 0.166. The van der Waals surface area contributed by atoms with Crippen LogP contribution in [0.25, 0.3) is 11.0 Å². The highest BCUT2D eigenvalue weighted by Crippen LogP contribution is 2.18. The molecule has 7 nitrogen and oxygen atoms in total. The number of aromatic nitrogens is 4. The van der Waals surface area contributed by atoms with Gasteiger partial charge in [0.2, 0.25) is 5.91 Å². The number of nitrogens with one attached hydrogen (secondary N) is 1. The average Bonchev–Trinajstić information content (AvgIpc) is 2.99. The second-order valence-electron chi connectivity index (χ2n) is 7.02. The van der Waals surface area contributed by atoms with E-state index in [1.54, 1.807) is 4.68 Å². The highest BCUT2D eigenvalue weighted by molar-refractivity contribution is 9.10. The molecule has 0 unspecified atom stereocenters. The molecule has 0 atom stereocenters. The monoisotopic (exact) mass is 417 g/mol. The molecule has 0 radical (unpaired) electrons. The van der Waals surface area contributed by atoms with Gasteiger partial charge in [0.05, 0.1) is 18.1 Å². The predicted octanol–water partition coefficient (Wildman–Crippen LogP) is 3.14. The maximum Gasteiger partial charge on any atom is 0.264 e. The van der Waals surface area contributed by atoms with Crippen LogP contribution in [0.3, 0.4) is 0 Å². The van der Waals surface area contributed by atoms with Gasteiger partial charge in [-0.1, -0.05) is 22.0 Å². The van der Waals surface area contributed by atoms with Gasteiger partial charge in [0.25, 0.3) is 5.56 Å². The number of amides is 1. The van der Waals surface area contributed by atoms with Gasteiger partial charge in [-0.15, -0.1) is 0 Å². The van der Waals surface area contributed by atoms with Crippen LogP contribution in [-0.4, -0.2) is 25.2 Å². The van der Waals surface area contributed by atoms with E-state index in [1.807, 2.05) is 45.0 Å². The van der Waals surface area contributed by atoms with Gasteiger partial charge in [-0.25, -0.2) is 9.67 Å². The van der Waals surface area contributed by atoms with E-state index in [2.05, 4.69) is 31.3 Å². The molecule has 1 N–H and O–H groups in total. The van der Waals surface area contributed by atoms with Gasteiger partial charge in [0, 0.05) is 23.1 Å². The van der Waals surface area contributed by atoms with E-state index >= 15 is 0 Å². The van der Waals surface area contributed by atoms with Crippen molar-refractivity contribution < 1.29 is 4.79 Å². The Hall–Kier alpha value is -2.48. The van der Waals surface area contributed by atoms with E-state index in [0.717, 1.165) is 4.47 Å². The van der Waals surface area contributed by atoms with Crippen molar-refractivity contribution in [2.45, 2.75) is 39.3 Å². The van der Waals surface area contributed by atoms with Gasteiger partial charge in [-0.05, 0) is 39.0 Å². The summed E-state index contributed by atoms with van der Waals surface area (Å²) in [4.78, 5) is 29.1. The Morgan fingerprint density at radius 2 is 2.08 bits per heavy atom. The molecule has 3 rings (SSSR count). The lowest BCUT2D eigenvalue weighted by Gasteiger charge is -2.19. The van der Waals surface area contributed by atoms with E-state index in [-0.39, 0.29) is 30.0 Å². The van der Waals surface area contributed by atoms with Crippen LogP contribution in [0, 0.1) is 0 Å². The van der Waals surface area contributed by atoms with Crippen molar-refractivity contribution in [1.29, 1.82) is 0 Å². The van der Waals surface area contributed by atoms with Crippen molar-refractivity contribution in [2.24, 2.45) is 0 Å². The first-order valence-electron chi connectivity index (χ1n) is 8.25. The first-order valence-corrected chi connectivity index (χ1v) is 9.04. The summed E-state index contributed by atoms with van der Waals surface area (Å²) in [6.07, 6.45) is 3.18. The molecule has 0 saturated carbocycles. The number of hydrogen-bond acceptors (Lipinski definition) is 4. The molecule has 0 saturated heterocycles. The molecule has 3 aromatic rings. The first kappa shape index (κ1) is 18.3. The minimum Gasteiger partial charge on any atom is -0.326 e. The molecule has 0 aliphatic carbocycles. The maximum atomic E-state index is 12.6. The van der Waals surface area contributed by atoms with Crippen LogP contribution in [0.5, 0.6) is 0 Å². The quantitative estimate of drug-likeness (QED) is 0.706. The number of nitrogens with zero attached hydrogens (tertiary/aromatic N) is 4. The average molecular weight is 418 g/mol. The lowest BCUT2D eigenvalue weighted by Crippen LogP contribution is -2.26. The molecule has 0 aliphatic heterocycles. The Kier molecular flexibility index (Phi) is 4.95. The third-order valence-corrected chi connectivity index (χ3v) is 4.37. The summed E-state index contributed by atoms with van der Waals surface area (Å²) in [6.45, 7) is 6.25. The third-order valence-electron chi connectivity index (χ3n) is 3.88. The smallest absolute Gasteiger partial charge is 0.264 e. The van der Waals surface area contributed by atoms with Crippen molar-refractivity contribution in [3.8, 4) is 0 Å². The number of carbonyl (C=O) groups excluding carboxylic acids is 1. The number of carbonyl (C=O) groups is 1. The zero-order chi connectivity index (χ0) is 18.9. The van der Waals surface area contributed by atoms with Crippen molar-refractivity contribution in [3.63, 3.8) is 0 Å². The SMILES string of the molecule is CC(C)(C)n1ncc2c(=O)n(CCC(=O)Nc3cccc(Br)c3)cnc21. The number of hydrogen-bond donors (Lipinski definition) is 1. The van der Waals surface area contributed by atoms with E-state index in [1.165, 1.54) is 17.1 Å². The molecule has 136 valence electrons.